The Morgan fingerprint density at radius 3 is 1.44 bits per heavy atom. The van der Waals surface area contributed by atoms with Gasteiger partial charge in [-0.05, 0) is 210 Å². The first-order chi connectivity index (χ1) is 58.5. The number of hydrogen-bond donors (Lipinski definition) is 7. The molecule has 0 radical (unpaired) electrons. The van der Waals surface area contributed by atoms with E-state index in [1.807, 2.05) is 26.8 Å². The van der Waals surface area contributed by atoms with Crippen LogP contribution in [0.4, 0.5) is 32.9 Å². The lowest BCUT2D eigenvalue weighted by Gasteiger charge is -2.34. The number of H-pyrrole nitrogens is 2. The van der Waals surface area contributed by atoms with Crippen LogP contribution < -0.4 is 49.6 Å². The van der Waals surface area contributed by atoms with Gasteiger partial charge in [-0.2, -0.15) is 31.3 Å². The van der Waals surface area contributed by atoms with Crippen LogP contribution in [0.25, 0.3) is 5.82 Å². The van der Waals surface area contributed by atoms with Gasteiger partial charge in [0.2, 0.25) is 17.6 Å². The third-order valence-corrected chi connectivity index (χ3v) is 30.3. The molecule has 33 nitrogen and oxygen atoms in total. The van der Waals surface area contributed by atoms with E-state index in [1.165, 1.54) is 53.3 Å². The van der Waals surface area contributed by atoms with Gasteiger partial charge >= 0.3 is 12.2 Å². The maximum absolute atomic E-state index is 13.6. The van der Waals surface area contributed by atoms with Crippen molar-refractivity contribution in [1.82, 2.24) is 68.9 Å². The minimum absolute atomic E-state index is 0.176. The molecule has 2 saturated heterocycles. The number of nitrogens with zero attached hydrogens (tertiary/aromatic N) is 12. The fourth-order valence-corrected chi connectivity index (χ4v) is 21.0. The number of rotatable bonds is 19. The summed E-state index contributed by atoms with van der Waals surface area (Å²) in [5.74, 6) is 3.46. The number of hydrogen-bond acceptors (Lipinski definition) is 26. The molecule has 8 bridgehead atoms. The number of fused-ring (bicyclic) bond motifs is 12. The number of amides is 2. The highest BCUT2D eigenvalue weighted by Crippen LogP contribution is 2.42. The fraction of sp³-hybridized carbons (Fsp3) is 0.581. The van der Waals surface area contributed by atoms with Crippen molar-refractivity contribution in [3.05, 3.63) is 136 Å². The lowest BCUT2D eigenvalue weighted by atomic mass is 9.93. The molecule has 0 saturated carbocycles. The molecule has 0 unspecified atom stereocenters. The molecular formula is C86H137BrN18O15S2Si4. The Balaban J connectivity index is 0.000000226. The number of carbonyl (C=O) groups excluding carboxylic acids is 4. The first-order valence-electron chi connectivity index (χ1n) is 43.2. The third kappa shape index (κ3) is 35.9. The maximum atomic E-state index is 13.6. The molecule has 126 heavy (non-hydrogen) atoms. The Kier molecular flexibility index (Phi) is 37.4. The standard InChI is InChI=1S/C29H41N7O4SSi.C20H24BrN5O3S.C14H26N2O3Si.C9H18N2OSi.C8H12N2O3.C6H16OSi/c1-29(2)19-21-9-7-15-30-23-10-6-11-26(31-23)41(38,39)34-28(37)22-12-13-24(32-27(22)35(29)20-21)36-16-14-25(33-36)40-17-8-18-42(3,4)5;1-20(2)11-13-5-4-10-22-16-6-3-7-17(24-16)30(28,29)25-19(27)14-8-9-15(21)23-18(14)26(20)12-13;1-14(2,3)19-13(17)16-9-8-12(15-16)18-10-7-11-20(4,5)6;1-13(2,3)8-4-7-12-9-5-6-10-11-9;1-8(2,3)13-7(12)10-5-4-6(11)9-10;1-8(2,3)6-4-5-7/h6,10-14,16,21H,7-9,15,17-20H2,1-5H3,(H,30,31)(H,34,37);3,6-9,13H,4-5,10-12H2,1-2H3,(H,22,24)(H,25,27);8-9H,7,10-11H2,1-6H3;5-6H,4,7-8H2,1-3H3,(H,10,11);4-5H,1-3H3,(H,9,11);7H,4-6H2,1-3H3/t21-;13-;;;;/m00..../s1. The predicted octanol–water partition coefficient (Wildman–Crippen LogP) is 16.8. The predicted molar refractivity (Wildman–Crippen MR) is 509 cm³/mol. The molecule has 12 rings (SSSR count). The summed E-state index contributed by atoms with van der Waals surface area (Å²) in [6.45, 7) is 52.6. The lowest BCUT2D eigenvalue weighted by molar-refractivity contribution is 0.0502. The van der Waals surface area contributed by atoms with Gasteiger partial charge in [0.05, 0.1) is 37.1 Å². The zero-order chi connectivity index (χ0) is 93.4. The van der Waals surface area contributed by atoms with Gasteiger partial charge in [0.15, 0.2) is 15.9 Å². The number of aliphatic hydroxyl groups is 1. The average molecular weight is 1920 g/mol. The summed E-state index contributed by atoms with van der Waals surface area (Å²) in [5, 5.41) is 31.9. The second kappa shape index (κ2) is 45.3. The molecule has 2 fully saturated rings. The van der Waals surface area contributed by atoms with Crippen LogP contribution in [-0.2, 0) is 29.5 Å². The largest absolute Gasteiger partial charge is 0.478 e. The molecule has 2 amide bonds. The molecule has 4 aliphatic heterocycles. The molecular weight excluding hydrogens is 1780 g/mol. The van der Waals surface area contributed by atoms with Crippen molar-refractivity contribution in [2.45, 2.75) is 269 Å². The fourth-order valence-electron chi connectivity index (χ4n) is 14.0. The summed E-state index contributed by atoms with van der Waals surface area (Å²) in [4.78, 5) is 82.4. The second-order valence-electron chi connectivity index (χ2n) is 39.9. The normalized spacial score (nSPS) is 17.2. The van der Waals surface area contributed by atoms with Crippen molar-refractivity contribution >= 4 is 116 Å². The highest BCUT2D eigenvalue weighted by atomic mass is 79.9. The lowest BCUT2D eigenvalue weighted by Crippen LogP contribution is -2.41. The van der Waals surface area contributed by atoms with E-state index in [0.717, 1.165) is 87.9 Å². The van der Waals surface area contributed by atoms with E-state index in [-0.39, 0.29) is 37.8 Å². The van der Waals surface area contributed by atoms with E-state index >= 15 is 0 Å². The maximum Gasteiger partial charge on any atom is 0.435 e. The van der Waals surface area contributed by atoms with Crippen molar-refractivity contribution in [3.63, 3.8) is 0 Å². The monoisotopic (exact) mass is 1920 g/mol. The van der Waals surface area contributed by atoms with E-state index in [0.29, 0.717) is 96.7 Å². The molecule has 0 aromatic carbocycles. The number of carbonyl (C=O) groups is 4. The molecule has 8 aromatic heterocycles. The van der Waals surface area contributed by atoms with E-state index in [9.17, 15) is 40.8 Å². The van der Waals surface area contributed by atoms with Crippen LogP contribution in [0.2, 0.25) is 103 Å². The van der Waals surface area contributed by atoms with Crippen LogP contribution in [-0.4, -0.2) is 213 Å². The summed E-state index contributed by atoms with van der Waals surface area (Å²) in [6.07, 6.45) is 15.2. The zero-order valence-electron chi connectivity index (χ0n) is 77.8. The molecule has 2 atom stereocenters. The van der Waals surface area contributed by atoms with Gasteiger partial charge in [0.1, 0.15) is 39.1 Å². The second-order valence-corrected chi connectivity index (χ2v) is 66.5. The van der Waals surface area contributed by atoms with Gasteiger partial charge in [0.25, 0.3) is 37.4 Å². The summed E-state index contributed by atoms with van der Waals surface area (Å²) in [5.41, 5.74) is -1.52. The molecule has 696 valence electrons. The highest BCUT2D eigenvalue weighted by molar-refractivity contribution is 9.10. The first kappa shape index (κ1) is 104. The zero-order valence-corrected chi connectivity index (χ0v) is 85.0. The van der Waals surface area contributed by atoms with Gasteiger partial charge < -0.3 is 49.2 Å². The first-order valence-corrected chi connectivity index (χ1v) is 61.8. The van der Waals surface area contributed by atoms with Gasteiger partial charge in [0, 0.05) is 119 Å². The quantitative estimate of drug-likeness (QED) is 0.0225. The number of pyridine rings is 4. The minimum atomic E-state index is -4.22. The molecule has 40 heteroatoms. The minimum Gasteiger partial charge on any atom is -0.478 e. The average Bonchev–Trinajstić information content (AvgIpc) is 1.57. The Morgan fingerprint density at radius 2 is 0.992 bits per heavy atom. The van der Waals surface area contributed by atoms with Crippen molar-refractivity contribution in [2.24, 2.45) is 11.8 Å². The van der Waals surface area contributed by atoms with Crippen molar-refractivity contribution in [1.29, 1.82) is 0 Å². The molecule has 0 spiro atoms. The van der Waals surface area contributed by atoms with Gasteiger partial charge in [-0.25, -0.2) is 48.7 Å². The van der Waals surface area contributed by atoms with E-state index in [2.05, 4.69) is 193 Å². The Morgan fingerprint density at radius 1 is 0.540 bits per heavy atom. The SMILES string of the molecule is CC(C)(C)OC(=O)n1ccc(=O)[nH]1.CC(C)(C)OC(=O)n1ccc(OCCC[Si](C)(C)C)n1.CC1(C)C[C@@H]2CCCNc3cccc(n3)S(=O)(=O)NC(=O)c3ccc(-n4ccc(OCCC[Si](C)(C)C)n4)nc3N1C2.CC1(C)C[C@@H]2CCCNc3cccc(n3)S(=O)(=O)NC(=O)c3ccc(Br)nc3N1C2.C[Si](C)(C)CCCO.C[Si](C)(C)CCCOc1ccn[nH]1. The van der Waals surface area contributed by atoms with E-state index in [4.69, 9.17) is 33.8 Å². The van der Waals surface area contributed by atoms with E-state index < -0.39 is 87.5 Å². The smallest absolute Gasteiger partial charge is 0.435 e. The number of anilines is 4. The molecule has 4 aliphatic rings. The molecule has 7 N–H and O–H groups in total. The van der Waals surface area contributed by atoms with E-state index in [1.54, 1.807) is 105 Å². The van der Waals surface area contributed by atoms with Crippen molar-refractivity contribution in [2.75, 3.05) is 73.0 Å². The molecule has 0 aliphatic carbocycles. The number of aromatic nitrogens is 12. The number of nitrogens with one attached hydrogen (secondary N) is 6. The van der Waals surface area contributed by atoms with Gasteiger partial charge in [-0.15, -0.1) is 10.2 Å². The van der Waals surface area contributed by atoms with Crippen LogP contribution in [0.1, 0.15) is 154 Å². The topological polar surface area (TPSA) is 411 Å². The Bertz CT molecular complexity index is 5140. The third-order valence-electron chi connectivity index (χ3n) is 19.9. The molecule has 12 heterocycles. The van der Waals surface area contributed by atoms with Crippen LogP contribution in [0, 0.1) is 11.8 Å². The number of sulfonamides is 2. The number of halogens is 1. The highest BCUT2D eigenvalue weighted by Gasteiger charge is 2.43. The number of aliphatic hydroxyl groups excluding tert-OH is 1. The van der Waals surface area contributed by atoms with Crippen molar-refractivity contribution in [3.8, 4) is 23.5 Å². The number of aromatic amines is 2. The Hall–Kier alpha value is -9.07. The summed E-state index contributed by atoms with van der Waals surface area (Å²) >= 11 is 3.39. The van der Waals surface area contributed by atoms with Crippen LogP contribution >= 0.6 is 15.9 Å². The van der Waals surface area contributed by atoms with Crippen LogP contribution in [0.3, 0.4) is 0 Å². The summed E-state index contributed by atoms with van der Waals surface area (Å²) in [6, 6.07) is 27.5. The van der Waals surface area contributed by atoms with Crippen LogP contribution in [0.15, 0.2) is 129 Å². The van der Waals surface area contributed by atoms with Crippen LogP contribution in [0.5, 0.6) is 17.6 Å². The van der Waals surface area contributed by atoms with Gasteiger partial charge in [-0.3, -0.25) is 19.5 Å². The summed E-state index contributed by atoms with van der Waals surface area (Å²) in [7, 11) is -12.2. The van der Waals surface area contributed by atoms with Crippen molar-refractivity contribution < 1.29 is 64.8 Å². The number of ether oxygens (including phenoxy) is 5. The Labute approximate surface area is 756 Å². The summed E-state index contributed by atoms with van der Waals surface area (Å²) < 4.78 is 87.8. The molecule has 8 aromatic rings. The van der Waals surface area contributed by atoms with Gasteiger partial charge in [-0.1, -0.05) is 115 Å².